The number of anilines is 1. The molecule has 2 saturated heterocycles. The topological polar surface area (TPSA) is 96.5 Å². The molecule has 0 saturated carbocycles. The summed E-state index contributed by atoms with van der Waals surface area (Å²) in [4.78, 5) is 23.2. The number of hydrogen-bond donors (Lipinski definition) is 1. The van der Waals surface area contributed by atoms with Gasteiger partial charge in [0.15, 0.2) is 11.3 Å². The third-order valence-electron chi connectivity index (χ3n) is 6.11. The van der Waals surface area contributed by atoms with Crippen molar-refractivity contribution in [3.05, 3.63) is 40.1 Å². The van der Waals surface area contributed by atoms with Gasteiger partial charge in [0.25, 0.3) is 5.56 Å². The first-order chi connectivity index (χ1) is 17.0. The summed E-state index contributed by atoms with van der Waals surface area (Å²) in [5.74, 6) is -0.373. The number of alkyl halides is 6. The van der Waals surface area contributed by atoms with Crippen molar-refractivity contribution in [3.63, 3.8) is 0 Å². The Kier molecular flexibility index (Phi) is 7.68. The van der Waals surface area contributed by atoms with Gasteiger partial charge in [-0.3, -0.25) is 9.69 Å². The van der Waals surface area contributed by atoms with Gasteiger partial charge in [-0.1, -0.05) is 0 Å². The number of nitrogens with one attached hydrogen (secondary N) is 1. The monoisotopic (exact) mass is 522 g/mol. The van der Waals surface area contributed by atoms with Gasteiger partial charge in [-0.15, -0.1) is 0 Å². The molecule has 2 atom stereocenters. The molecule has 0 spiro atoms. The van der Waals surface area contributed by atoms with E-state index < -0.39 is 40.9 Å². The average Bonchev–Trinajstić information content (AvgIpc) is 3.28. The molecule has 0 radical (unpaired) electrons. The van der Waals surface area contributed by atoms with E-state index in [1.165, 1.54) is 0 Å². The highest BCUT2D eigenvalue weighted by atomic mass is 19.4. The average molecular weight is 522 g/mol. The molecule has 15 heteroatoms. The molecular formula is C21H24F6N6O3. The standard InChI is InChI=1S/C21H24F6N6O3/c22-20(23,24)13-9-28-19(29-10-13)33-7-5-32(6-8-33)4-3-14-1-2-15(36-14)12-35-16-11-30-31-18(34)17(16)21(25,26)27/h9-11,14-15H,1-8,12H2,(H,31,34)/t14-,15+/m1/s1. The van der Waals surface area contributed by atoms with Gasteiger partial charge in [0, 0.05) is 45.1 Å². The lowest BCUT2D eigenvalue weighted by atomic mass is 10.1. The Labute approximate surface area is 201 Å². The number of aromatic amines is 1. The van der Waals surface area contributed by atoms with E-state index in [0.717, 1.165) is 31.6 Å². The highest BCUT2D eigenvalue weighted by Gasteiger charge is 2.39. The number of hydrogen-bond acceptors (Lipinski definition) is 8. The van der Waals surface area contributed by atoms with Gasteiger partial charge in [-0.25, -0.2) is 15.1 Å². The van der Waals surface area contributed by atoms with Crippen LogP contribution in [-0.2, 0) is 17.1 Å². The van der Waals surface area contributed by atoms with E-state index in [9.17, 15) is 31.1 Å². The fourth-order valence-corrected chi connectivity index (χ4v) is 4.19. The van der Waals surface area contributed by atoms with Crippen molar-refractivity contribution in [1.82, 2.24) is 25.1 Å². The smallest absolute Gasteiger partial charge is 0.425 e. The van der Waals surface area contributed by atoms with Crippen molar-refractivity contribution in [2.75, 3.05) is 44.2 Å². The lowest BCUT2D eigenvalue weighted by Crippen LogP contribution is -2.47. The Morgan fingerprint density at radius 3 is 2.28 bits per heavy atom. The molecule has 0 amide bonds. The number of rotatable bonds is 7. The van der Waals surface area contributed by atoms with Crippen LogP contribution >= 0.6 is 0 Å². The fourth-order valence-electron chi connectivity index (χ4n) is 4.19. The van der Waals surface area contributed by atoms with Crippen LogP contribution in [0, 0.1) is 0 Å². The summed E-state index contributed by atoms with van der Waals surface area (Å²) in [6, 6.07) is 0. The molecule has 36 heavy (non-hydrogen) atoms. The summed E-state index contributed by atoms with van der Waals surface area (Å²) in [5, 5.41) is 5.13. The number of nitrogens with zero attached hydrogens (tertiary/aromatic N) is 5. The SMILES string of the molecule is O=c1[nH]ncc(OC[C@@H]2CC[C@H](CCN3CCN(c4ncc(C(F)(F)F)cn4)CC3)O2)c1C(F)(F)F. The van der Waals surface area contributed by atoms with Gasteiger partial charge >= 0.3 is 12.4 Å². The normalized spacial score (nSPS) is 21.7. The van der Waals surface area contributed by atoms with E-state index in [0.29, 0.717) is 39.0 Å². The van der Waals surface area contributed by atoms with Crippen molar-refractivity contribution in [2.45, 2.75) is 43.8 Å². The van der Waals surface area contributed by atoms with Crippen LogP contribution in [0.5, 0.6) is 5.75 Å². The van der Waals surface area contributed by atoms with Crippen LogP contribution in [0.2, 0.25) is 0 Å². The molecule has 4 heterocycles. The van der Waals surface area contributed by atoms with Crippen LogP contribution in [0.3, 0.4) is 0 Å². The van der Waals surface area contributed by atoms with Crippen LogP contribution in [0.1, 0.15) is 30.4 Å². The molecule has 9 nitrogen and oxygen atoms in total. The van der Waals surface area contributed by atoms with E-state index in [1.807, 2.05) is 4.90 Å². The van der Waals surface area contributed by atoms with Crippen LogP contribution in [0.15, 0.2) is 23.4 Å². The van der Waals surface area contributed by atoms with E-state index in [-0.39, 0.29) is 18.7 Å². The summed E-state index contributed by atoms with van der Waals surface area (Å²) >= 11 is 0. The van der Waals surface area contributed by atoms with Crippen molar-refractivity contribution in [2.24, 2.45) is 0 Å². The minimum absolute atomic E-state index is 0.0748. The predicted molar refractivity (Wildman–Crippen MR) is 114 cm³/mol. The van der Waals surface area contributed by atoms with Gasteiger partial charge in [0.2, 0.25) is 5.95 Å². The Bertz CT molecular complexity index is 1070. The van der Waals surface area contributed by atoms with Crippen molar-refractivity contribution in [1.29, 1.82) is 0 Å². The lowest BCUT2D eigenvalue weighted by molar-refractivity contribution is -0.140. The van der Waals surface area contributed by atoms with Gasteiger partial charge in [-0.2, -0.15) is 31.4 Å². The molecule has 0 bridgehead atoms. The van der Waals surface area contributed by atoms with Crippen LogP contribution in [0.4, 0.5) is 32.3 Å². The van der Waals surface area contributed by atoms with Crippen LogP contribution < -0.4 is 15.2 Å². The molecule has 0 unspecified atom stereocenters. The molecule has 2 fully saturated rings. The molecule has 1 N–H and O–H groups in total. The zero-order chi connectivity index (χ0) is 25.9. The summed E-state index contributed by atoms with van der Waals surface area (Å²) in [7, 11) is 0. The van der Waals surface area contributed by atoms with Crippen LogP contribution in [0.25, 0.3) is 0 Å². The number of ether oxygens (including phenoxy) is 2. The molecule has 2 aromatic rings. The molecular weight excluding hydrogens is 498 g/mol. The van der Waals surface area contributed by atoms with E-state index >= 15 is 0 Å². The zero-order valence-corrected chi connectivity index (χ0v) is 19.0. The second-order valence-corrected chi connectivity index (χ2v) is 8.59. The predicted octanol–water partition coefficient (Wildman–Crippen LogP) is 2.74. The molecule has 0 aromatic carbocycles. The summed E-state index contributed by atoms with van der Waals surface area (Å²) in [6.45, 7) is 3.10. The second kappa shape index (κ2) is 10.6. The first-order valence-corrected chi connectivity index (χ1v) is 11.3. The maximum absolute atomic E-state index is 13.1. The first kappa shape index (κ1) is 26.1. The molecule has 2 aliphatic heterocycles. The van der Waals surface area contributed by atoms with Gasteiger partial charge in [0.1, 0.15) is 6.61 Å². The van der Waals surface area contributed by atoms with Crippen molar-refractivity contribution >= 4 is 5.95 Å². The second-order valence-electron chi connectivity index (χ2n) is 8.59. The maximum atomic E-state index is 13.1. The Morgan fingerprint density at radius 1 is 0.972 bits per heavy atom. The summed E-state index contributed by atoms with van der Waals surface area (Å²) in [6.07, 6.45) is -5.37. The quantitative estimate of drug-likeness (QED) is 0.555. The van der Waals surface area contributed by atoms with Crippen molar-refractivity contribution in [3.8, 4) is 5.75 Å². The van der Waals surface area contributed by atoms with E-state index in [1.54, 1.807) is 5.10 Å². The molecule has 198 valence electrons. The lowest BCUT2D eigenvalue weighted by Gasteiger charge is -2.35. The highest BCUT2D eigenvalue weighted by Crippen LogP contribution is 2.33. The number of aromatic nitrogens is 4. The Hall–Kier alpha value is -2.94. The first-order valence-electron chi connectivity index (χ1n) is 11.3. The third-order valence-corrected chi connectivity index (χ3v) is 6.11. The van der Waals surface area contributed by atoms with Crippen LogP contribution in [-0.4, -0.2) is 76.6 Å². The fraction of sp³-hybridized carbons (Fsp3) is 0.619. The summed E-state index contributed by atoms with van der Waals surface area (Å²) in [5.41, 5.74) is -3.68. The number of H-pyrrole nitrogens is 1. The van der Waals surface area contributed by atoms with Gasteiger partial charge < -0.3 is 14.4 Å². The Morgan fingerprint density at radius 2 is 1.64 bits per heavy atom. The van der Waals surface area contributed by atoms with Gasteiger partial charge in [0.05, 0.1) is 24.0 Å². The van der Waals surface area contributed by atoms with Gasteiger partial charge in [-0.05, 0) is 19.3 Å². The molecule has 4 rings (SSSR count). The molecule has 2 aromatic heterocycles. The van der Waals surface area contributed by atoms with Crippen molar-refractivity contribution < 1.29 is 35.8 Å². The molecule has 2 aliphatic rings. The minimum Gasteiger partial charge on any atom is -0.488 e. The number of piperazine rings is 1. The summed E-state index contributed by atoms with van der Waals surface area (Å²) < 4.78 is 88.5. The largest absolute Gasteiger partial charge is 0.488 e. The maximum Gasteiger partial charge on any atom is 0.425 e. The third kappa shape index (κ3) is 6.43. The number of halogens is 6. The minimum atomic E-state index is -4.87. The Balaban J connectivity index is 1.19. The van der Waals surface area contributed by atoms with E-state index in [4.69, 9.17) is 9.47 Å². The molecule has 0 aliphatic carbocycles. The zero-order valence-electron chi connectivity index (χ0n) is 19.0. The van der Waals surface area contributed by atoms with E-state index in [2.05, 4.69) is 20.0 Å². The highest BCUT2D eigenvalue weighted by molar-refractivity contribution is 5.31.